The van der Waals surface area contributed by atoms with E-state index in [9.17, 15) is 23.1 Å². The van der Waals surface area contributed by atoms with E-state index in [4.69, 9.17) is 4.74 Å². The van der Waals surface area contributed by atoms with Gasteiger partial charge in [-0.25, -0.2) is 4.79 Å². The number of carbonyl (C=O) groups is 1. The van der Waals surface area contributed by atoms with Crippen molar-refractivity contribution in [3.63, 3.8) is 0 Å². The van der Waals surface area contributed by atoms with Gasteiger partial charge in [0.1, 0.15) is 6.61 Å². The average Bonchev–Trinajstić information content (AvgIpc) is 2.52. The SMILES string of the molecule is O=C(Nc1cccc(C(O)C(F)(F)F)c1)OCc1ccccc1. The molecule has 0 fully saturated rings. The molecule has 0 radical (unpaired) electrons. The minimum atomic E-state index is -4.77. The summed E-state index contributed by atoms with van der Waals surface area (Å²) < 4.78 is 42.4. The molecule has 0 aliphatic carbocycles. The summed E-state index contributed by atoms with van der Waals surface area (Å²) in [6, 6.07) is 13.8. The van der Waals surface area contributed by atoms with Crippen LogP contribution in [0, 0.1) is 0 Å². The van der Waals surface area contributed by atoms with Crippen molar-refractivity contribution in [3.8, 4) is 0 Å². The fourth-order valence-electron chi connectivity index (χ4n) is 1.85. The smallest absolute Gasteiger partial charge is 0.418 e. The van der Waals surface area contributed by atoms with Gasteiger partial charge in [-0.1, -0.05) is 42.5 Å². The normalized spacial score (nSPS) is 12.5. The summed E-state index contributed by atoms with van der Waals surface area (Å²) in [6.07, 6.45) is -8.18. The second-order valence-corrected chi connectivity index (χ2v) is 4.76. The van der Waals surface area contributed by atoms with Crippen LogP contribution in [0.4, 0.5) is 23.7 Å². The van der Waals surface area contributed by atoms with Gasteiger partial charge in [-0.3, -0.25) is 5.32 Å². The third-order valence-electron chi connectivity index (χ3n) is 2.97. The van der Waals surface area contributed by atoms with Crippen LogP contribution >= 0.6 is 0 Å². The van der Waals surface area contributed by atoms with Gasteiger partial charge in [0, 0.05) is 5.69 Å². The van der Waals surface area contributed by atoms with Gasteiger partial charge in [0.2, 0.25) is 0 Å². The van der Waals surface area contributed by atoms with Crippen LogP contribution in [0.15, 0.2) is 54.6 Å². The van der Waals surface area contributed by atoms with Gasteiger partial charge in [-0.15, -0.1) is 0 Å². The third-order valence-corrected chi connectivity index (χ3v) is 2.97. The molecule has 0 spiro atoms. The number of alkyl halides is 3. The number of halogens is 3. The van der Waals surface area contributed by atoms with Gasteiger partial charge in [-0.05, 0) is 23.3 Å². The van der Waals surface area contributed by atoms with Gasteiger partial charge < -0.3 is 9.84 Å². The van der Waals surface area contributed by atoms with E-state index >= 15 is 0 Å². The Balaban J connectivity index is 1.96. The Hall–Kier alpha value is -2.54. The van der Waals surface area contributed by atoms with E-state index in [2.05, 4.69) is 5.32 Å². The molecule has 2 aromatic carbocycles. The number of anilines is 1. The number of benzene rings is 2. The molecular formula is C16H14F3NO3. The molecule has 0 aromatic heterocycles. The maximum Gasteiger partial charge on any atom is 0.418 e. The Morgan fingerprint density at radius 3 is 2.48 bits per heavy atom. The predicted octanol–water partition coefficient (Wildman–Crippen LogP) is 4.03. The largest absolute Gasteiger partial charge is 0.444 e. The Morgan fingerprint density at radius 2 is 1.83 bits per heavy atom. The Labute approximate surface area is 130 Å². The average molecular weight is 325 g/mol. The molecule has 7 heteroatoms. The van der Waals surface area contributed by atoms with Crippen LogP contribution < -0.4 is 5.32 Å². The molecule has 23 heavy (non-hydrogen) atoms. The molecular weight excluding hydrogens is 311 g/mol. The molecule has 2 rings (SSSR count). The number of nitrogens with one attached hydrogen (secondary N) is 1. The monoisotopic (exact) mass is 325 g/mol. The molecule has 0 bridgehead atoms. The highest BCUT2D eigenvalue weighted by Gasteiger charge is 2.39. The molecule has 1 amide bonds. The zero-order chi connectivity index (χ0) is 16.9. The van der Waals surface area contributed by atoms with E-state index in [1.165, 1.54) is 12.1 Å². The van der Waals surface area contributed by atoms with E-state index in [-0.39, 0.29) is 17.9 Å². The van der Waals surface area contributed by atoms with Gasteiger partial charge >= 0.3 is 12.3 Å². The Bertz CT molecular complexity index is 659. The predicted molar refractivity (Wildman–Crippen MR) is 77.7 cm³/mol. The molecule has 122 valence electrons. The maximum atomic E-state index is 12.5. The number of rotatable bonds is 4. The second-order valence-electron chi connectivity index (χ2n) is 4.76. The van der Waals surface area contributed by atoms with E-state index in [1.54, 1.807) is 24.3 Å². The van der Waals surface area contributed by atoms with E-state index < -0.39 is 18.4 Å². The van der Waals surface area contributed by atoms with Crippen LogP contribution in [0.5, 0.6) is 0 Å². The lowest BCUT2D eigenvalue weighted by Crippen LogP contribution is -2.20. The molecule has 0 aliphatic rings. The number of ether oxygens (including phenoxy) is 1. The summed E-state index contributed by atoms with van der Waals surface area (Å²) in [7, 11) is 0. The first-order valence-corrected chi connectivity index (χ1v) is 6.69. The highest BCUT2D eigenvalue weighted by atomic mass is 19.4. The fraction of sp³-hybridized carbons (Fsp3) is 0.188. The van der Waals surface area contributed by atoms with Crippen molar-refractivity contribution in [2.75, 3.05) is 5.32 Å². The molecule has 2 aromatic rings. The lowest BCUT2D eigenvalue weighted by atomic mass is 10.1. The zero-order valence-electron chi connectivity index (χ0n) is 11.9. The molecule has 0 saturated heterocycles. The van der Waals surface area contributed by atoms with Crippen LogP contribution in [0.1, 0.15) is 17.2 Å². The van der Waals surface area contributed by atoms with Crippen LogP contribution in [0.25, 0.3) is 0 Å². The molecule has 2 N–H and O–H groups in total. The van der Waals surface area contributed by atoms with Gasteiger partial charge in [0.05, 0.1) is 0 Å². The topological polar surface area (TPSA) is 58.6 Å². The third kappa shape index (κ3) is 5.00. The first kappa shape index (κ1) is 16.8. The fourth-order valence-corrected chi connectivity index (χ4v) is 1.85. The lowest BCUT2D eigenvalue weighted by Gasteiger charge is -2.15. The summed E-state index contributed by atoms with van der Waals surface area (Å²) in [5.74, 6) is 0. The van der Waals surface area contributed by atoms with Crippen LogP contribution in [0.3, 0.4) is 0 Å². The van der Waals surface area contributed by atoms with Crippen molar-refractivity contribution in [2.45, 2.75) is 18.9 Å². The molecule has 1 unspecified atom stereocenters. The second kappa shape index (κ2) is 7.15. The summed E-state index contributed by atoms with van der Waals surface area (Å²) in [4.78, 5) is 11.6. The number of carbonyl (C=O) groups excluding carboxylic acids is 1. The van der Waals surface area contributed by atoms with Crippen LogP contribution in [-0.2, 0) is 11.3 Å². The van der Waals surface area contributed by atoms with E-state index in [0.29, 0.717) is 0 Å². The van der Waals surface area contributed by atoms with E-state index in [0.717, 1.165) is 17.7 Å². The Morgan fingerprint density at radius 1 is 1.13 bits per heavy atom. The van der Waals surface area contributed by atoms with Crippen molar-refractivity contribution in [1.82, 2.24) is 0 Å². The first-order valence-electron chi connectivity index (χ1n) is 6.69. The molecule has 1 atom stereocenters. The van der Waals surface area contributed by atoms with Crippen molar-refractivity contribution < 1.29 is 27.8 Å². The minimum Gasteiger partial charge on any atom is -0.444 e. The highest BCUT2D eigenvalue weighted by Crippen LogP contribution is 2.33. The zero-order valence-corrected chi connectivity index (χ0v) is 11.9. The van der Waals surface area contributed by atoms with Gasteiger partial charge in [-0.2, -0.15) is 13.2 Å². The van der Waals surface area contributed by atoms with Crippen molar-refractivity contribution in [3.05, 3.63) is 65.7 Å². The number of hydrogen-bond acceptors (Lipinski definition) is 3. The van der Waals surface area contributed by atoms with E-state index in [1.807, 2.05) is 6.07 Å². The van der Waals surface area contributed by atoms with Crippen molar-refractivity contribution >= 4 is 11.8 Å². The molecule has 0 saturated carbocycles. The van der Waals surface area contributed by atoms with Gasteiger partial charge in [0.15, 0.2) is 6.10 Å². The van der Waals surface area contributed by atoms with Crippen molar-refractivity contribution in [2.24, 2.45) is 0 Å². The number of hydrogen-bond donors (Lipinski definition) is 2. The van der Waals surface area contributed by atoms with Crippen molar-refractivity contribution in [1.29, 1.82) is 0 Å². The first-order chi connectivity index (χ1) is 10.9. The molecule has 0 heterocycles. The van der Waals surface area contributed by atoms with Crippen LogP contribution in [0.2, 0.25) is 0 Å². The molecule has 4 nitrogen and oxygen atoms in total. The summed E-state index contributed by atoms with van der Waals surface area (Å²) >= 11 is 0. The number of aliphatic hydroxyl groups excluding tert-OH is 1. The highest BCUT2D eigenvalue weighted by molar-refractivity contribution is 5.84. The van der Waals surface area contributed by atoms with Gasteiger partial charge in [0.25, 0.3) is 0 Å². The van der Waals surface area contributed by atoms with Crippen LogP contribution in [-0.4, -0.2) is 17.4 Å². The summed E-state index contributed by atoms with van der Waals surface area (Å²) in [5, 5.41) is 11.5. The minimum absolute atomic E-state index is 0.0392. The maximum absolute atomic E-state index is 12.5. The summed E-state index contributed by atoms with van der Waals surface area (Å²) in [6.45, 7) is 0.0392. The lowest BCUT2D eigenvalue weighted by molar-refractivity contribution is -0.206. The Kier molecular flexibility index (Phi) is 5.23. The molecule has 0 aliphatic heterocycles. The standard InChI is InChI=1S/C16H14F3NO3/c17-16(18,19)14(21)12-7-4-8-13(9-12)20-15(22)23-10-11-5-2-1-3-6-11/h1-9,14,21H,10H2,(H,20,22). The number of amides is 1. The summed E-state index contributed by atoms with van der Waals surface area (Å²) in [5.41, 5.74) is 0.520. The number of aliphatic hydroxyl groups is 1. The quantitative estimate of drug-likeness (QED) is 0.892.